The van der Waals surface area contributed by atoms with E-state index in [4.69, 9.17) is 0 Å². The third-order valence-corrected chi connectivity index (χ3v) is 3.18. The van der Waals surface area contributed by atoms with E-state index in [0.29, 0.717) is 0 Å². The fourth-order valence-electron chi connectivity index (χ4n) is 2.27. The molecule has 4 heteroatoms. The van der Waals surface area contributed by atoms with Gasteiger partial charge >= 0.3 is 0 Å². The van der Waals surface area contributed by atoms with Crippen LogP contribution in [0.5, 0.6) is 0 Å². The molecule has 1 unspecified atom stereocenters. The molecule has 0 bridgehead atoms. The highest BCUT2D eigenvalue weighted by atomic mass is 16.2. The highest BCUT2D eigenvalue weighted by molar-refractivity contribution is 5.84. The average Bonchev–Trinajstić information content (AvgIpc) is 2.73. The molecule has 0 fully saturated rings. The maximum atomic E-state index is 12.0. The molecule has 1 aromatic rings. The number of carbonyl (C=O) groups is 1. The molecule has 0 aliphatic heterocycles. The van der Waals surface area contributed by atoms with Crippen LogP contribution in [0.1, 0.15) is 45.4 Å². The molecular weight excluding hydrogens is 238 g/mol. The number of pyridine rings is 1. The van der Waals surface area contributed by atoms with E-state index in [1.165, 1.54) is 17.7 Å². The molecule has 1 atom stereocenters. The summed E-state index contributed by atoms with van der Waals surface area (Å²) < 4.78 is 0. The molecule has 1 amide bonds. The predicted octanol–water partition coefficient (Wildman–Crippen LogP) is 2.29. The summed E-state index contributed by atoms with van der Waals surface area (Å²) in [5, 5.41) is 6.13. The van der Waals surface area contributed by atoms with E-state index in [9.17, 15) is 4.79 Å². The summed E-state index contributed by atoms with van der Waals surface area (Å²) in [6.45, 7) is 7.79. The zero-order valence-corrected chi connectivity index (χ0v) is 12.2. The molecule has 0 saturated carbocycles. The van der Waals surface area contributed by atoms with Gasteiger partial charge in [0.25, 0.3) is 0 Å². The van der Waals surface area contributed by atoms with Crippen LogP contribution in [0.2, 0.25) is 0 Å². The monoisotopic (exact) mass is 261 g/mol. The van der Waals surface area contributed by atoms with Gasteiger partial charge in [-0.2, -0.15) is 0 Å². The second-order valence-electron chi connectivity index (χ2n) is 6.26. The molecule has 0 spiro atoms. The summed E-state index contributed by atoms with van der Waals surface area (Å²) in [7, 11) is 0. The van der Waals surface area contributed by atoms with Crippen LogP contribution in [-0.2, 0) is 17.6 Å². The molecule has 1 aromatic heterocycles. The number of aromatic nitrogens is 1. The first-order valence-electron chi connectivity index (χ1n) is 6.92. The second kappa shape index (κ2) is 5.19. The van der Waals surface area contributed by atoms with Gasteiger partial charge in [-0.25, -0.2) is 4.98 Å². The van der Waals surface area contributed by atoms with Crippen LogP contribution in [0, 0.1) is 0 Å². The molecule has 1 aliphatic rings. The van der Waals surface area contributed by atoms with Gasteiger partial charge in [-0.1, -0.05) is 6.07 Å². The van der Waals surface area contributed by atoms with E-state index in [-0.39, 0.29) is 17.5 Å². The molecule has 0 saturated heterocycles. The van der Waals surface area contributed by atoms with Gasteiger partial charge in [-0.05, 0) is 58.6 Å². The minimum atomic E-state index is -0.286. The van der Waals surface area contributed by atoms with Crippen molar-refractivity contribution in [2.75, 3.05) is 5.32 Å². The lowest BCUT2D eigenvalue weighted by Gasteiger charge is -2.24. The Bertz CT molecular complexity index is 477. The van der Waals surface area contributed by atoms with E-state index in [1.807, 2.05) is 33.8 Å². The molecular formula is C15H23N3O. The fraction of sp³-hybridized carbons (Fsp3) is 0.600. The SMILES string of the molecule is CC(Nc1ccc2c(n1)CCC2)C(=O)NC(C)(C)C. The van der Waals surface area contributed by atoms with E-state index >= 15 is 0 Å². The Labute approximate surface area is 115 Å². The number of aryl methyl sites for hydroxylation is 2. The summed E-state index contributed by atoms with van der Waals surface area (Å²) in [5.74, 6) is 0.784. The standard InChI is InChI=1S/C15H23N3O/c1-10(14(19)18-15(2,3)4)16-13-9-8-11-6-5-7-12(11)17-13/h8-10H,5-7H2,1-4H3,(H,16,17)(H,18,19). The molecule has 0 aromatic carbocycles. The quantitative estimate of drug-likeness (QED) is 0.877. The summed E-state index contributed by atoms with van der Waals surface area (Å²) in [6.07, 6.45) is 3.36. The van der Waals surface area contributed by atoms with Crippen LogP contribution in [0.25, 0.3) is 0 Å². The Morgan fingerprint density at radius 2 is 2.05 bits per heavy atom. The minimum absolute atomic E-state index is 0.00482. The number of amides is 1. The van der Waals surface area contributed by atoms with E-state index in [0.717, 1.165) is 18.7 Å². The topological polar surface area (TPSA) is 54.0 Å². The van der Waals surface area contributed by atoms with Crippen molar-refractivity contribution in [2.24, 2.45) is 0 Å². The van der Waals surface area contributed by atoms with Crippen molar-refractivity contribution in [3.8, 4) is 0 Å². The van der Waals surface area contributed by atoms with E-state index in [1.54, 1.807) is 0 Å². The number of hydrogen-bond donors (Lipinski definition) is 2. The summed E-state index contributed by atoms with van der Waals surface area (Å²) in [5.41, 5.74) is 2.31. The zero-order chi connectivity index (χ0) is 14.0. The molecule has 2 N–H and O–H groups in total. The average molecular weight is 261 g/mol. The lowest BCUT2D eigenvalue weighted by atomic mass is 10.1. The maximum absolute atomic E-state index is 12.0. The first kappa shape index (κ1) is 13.8. The number of anilines is 1. The maximum Gasteiger partial charge on any atom is 0.242 e. The summed E-state index contributed by atoms with van der Waals surface area (Å²) >= 11 is 0. The minimum Gasteiger partial charge on any atom is -0.359 e. The Balaban J connectivity index is 1.99. The van der Waals surface area contributed by atoms with Gasteiger partial charge in [-0.15, -0.1) is 0 Å². The van der Waals surface area contributed by atoms with Crippen LogP contribution >= 0.6 is 0 Å². The molecule has 19 heavy (non-hydrogen) atoms. The van der Waals surface area contributed by atoms with Gasteiger partial charge in [0.1, 0.15) is 11.9 Å². The van der Waals surface area contributed by atoms with Crippen molar-refractivity contribution in [1.29, 1.82) is 0 Å². The Kier molecular flexibility index (Phi) is 3.78. The van der Waals surface area contributed by atoms with Gasteiger partial charge in [0.05, 0.1) is 0 Å². The van der Waals surface area contributed by atoms with Crippen LogP contribution in [0.3, 0.4) is 0 Å². The molecule has 104 valence electrons. The smallest absolute Gasteiger partial charge is 0.242 e. The van der Waals surface area contributed by atoms with Crippen molar-refractivity contribution >= 4 is 11.7 Å². The first-order chi connectivity index (χ1) is 8.85. The molecule has 1 heterocycles. The Morgan fingerprint density at radius 3 is 2.74 bits per heavy atom. The number of nitrogens with one attached hydrogen (secondary N) is 2. The number of nitrogens with zero attached hydrogens (tertiary/aromatic N) is 1. The third kappa shape index (κ3) is 3.69. The second-order valence-corrected chi connectivity index (χ2v) is 6.26. The van der Waals surface area contributed by atoms with Crippen LogP contribution in [-0.4, -0.2) is 22.5 Å². The van der Waals surface area contributed by atoms with Crippen LogP contribution < -0.4 is 10.6 Å². The van der Waals surface area contributed by atoms with Crippen molar-refractivity contribution in [1.82, 2.24) is 10.3 Å². The van der Waals surface area contributed by atoms with Gasteiger partial charge in [0.2, 0.25) is 5.91 Å². The highest BCUT2D eigenvalue weighted by Crippen LogP contribution is 2.21. The first-order valence-corrected chi connectivity index (χ1v) is 6.92. The Morgan fingerprint density at radius 1 is 1.32 bits per heavy atom. The number of fused-ring (bicyclic) bond motifs is 1. The van der Waals surface area contributed by atoms with E-state index in [2.05, 4.69) is 21.7 Å². The fourth-order valence-corrected chi connectivity index (χ4v) is 2.27. The van der Waals surface area contributed by atoms with Crippen molar-refractivity contribution in [3.63, 3.8) is 0 Å². The molecule has 0 radical (unpaired) electrons. The van der Waals surface area contributed by atoms with Gasteiger partial charge in [0, 0.05) is 11.2 Å². The number of rotatable bonds is 3. The van der Waals surface area contributed by atoms with Crippen LogP contribution in [0.4, 0.5) is 5.82 Å². The normalized spacial score (nSPS) is 15.8. The number of hydrogen-bond acceptors (Lipinski definition) is 3. The Hall–Kier alpha value is -1.58. The van der Waals surface area contributed by atoms with Crippen molar-refractivity contribution < 1.29 is 4.79 Å². The van der Waals surface area contributed by atoms with Crippen LogP contribution in [0.15, 0.2) is 12.1 Å². The lowest BCUT2D eigenvalue weighted by molar-refractivity contribution is -0.122. The summed E-state index contributed by atoms with van der Waals surface area (Å²) in [4.78, 5) is 16.6. The molecule has 4 nitrogen and oxygen atoms in total. The summed E-state index contributed by atoms with van der Waals surface area (Å²) in [6, 6.07) is 3.79. The van der Waals surface area contributed by atoms with Gasteiger partial charge in [0.15, 0.2) is 0 Å². The van der Waals surface area contributed by atoms with Crippen molar-refractivity contribution in [2.45, 2.75) is 58.5 Å². The third-order valence-electron chi connectivity index (χ3n) is 3.18. The molecule has 2 rings (SSSR count). The zero-order valence-electron chi connectivity index (χ0n) is 12.2. The predicted molar refractivity (Wildman–Crippen MR) is 77.2 cm³/mol. The highest BCUT2D eigenvalue weighted by Gasteiger charge is 2.20. The van der Waals surface area contributed by atoms with Crippen molar-refractivity contribution in [3.05, 3.63) is 23.4 Å². The number of carbonyl (C=O) groups excluding carboxylic acids is 1. The van der Waals surface area contributed by atoms with E-state index < -0.39 is 0 Å². The van der Waals surface area contributed by atoms with Gasteiger partial charge in [-0.3, -0.25) is 4.79 Å². The van der Waals surface area contributed by atoms with Gasteiger partial charge < -0.3 is 10.6 Å². The molecule has 1 aliphatic carbocycles. The lowest BCUT2D eigenvalue weighted by Crippen LogP contribution is -2.47. The largest absolute Gasteiger partial charge is 0.359 e.